The highest BCUT2D eigenvalue weighted by Gasteiger charge is 2.26. The Morgan fingerprint density at radius 3 is 1.39 bits per heavy atom. The summed E-state index contributed by atoms with van der Waals surface area (Å²) in [5, 5.41) is 18.4. The van der Waals surface area contributed by atoms with Crippen LogP contribution in [0, 0.1) is 0 Å². The van der Waals surface area contributed by atoms with Crippen LogP contribution >= 0.6 is 7.82 Å². The molecule has 0 spiro atoms. The average Bonchev–Trinajstić information content (AvgIpc) is 3.16. The molecule has 0 heterocycles. The quantitative estimate of drug-likeness (QED) is 0.0239. The number of hydrogen-bond donors (Lipinski definition) is 3. The Bertz CT molecular complexity index is 856. The van der Waals surface area contributed by atoms with Gasteiger partial charge in [0.25, 0.3) is 0 Å². The summed E-state index contributed by atoms with van der Waals surface area (Å²) in [5.74, 6) is -0.379. The van der Waals surface area contributed by atoms with E-state index in [0.29, 0.717) is 6.61 Å². The maximum absolute atomic E-state index is 12.6. The molecule has 0 aromatic heterocycles. The zero-order chi connectivity index (χ0) is 39.6. The van der Waals surface area contributed by atoms with Gasteiger partial charge >= 0.3 is 13.8 Å². The number of phosphoric acid groups is 1. The summed E-state index contributed by atoms with van der Waals surface area (Å²) in [6, 6.07) is 0. The number of carbonyl (C=O) groups excluding carboxylic acids is 1. The molecule has 0 aliphatic heterocycles. The maximum Gasteiger partial charge on any atom is 0.472 e. The zero-order valence-electron chi connectivity index (χ0n) is 35.2. The van der Waals surface area contributed by atoms with Crippen molar-refractivity contribution < 1.29 is 43.0 Å². The first-order valence-corrected chi connectivity index (χ1v) is 24.2. The van der Waals surface area contributed by atoms with Crippen LogP contribution in [0.15, 0.2) is 12.2 Å². The van der Waals surface area contributed by atoms with E-state index in [-0.39, 0.29) is 25.6 Å². The van der Waals surface area contributed by atoms with Gasteiger partial charge in [0.1, 0.15) is 12.2 Å². The Morgan fingerprint density at radius 2 is 0.944 bits per heavy atom. The number of hydrogen-bond acceptors (Lipinski definition) is 8. The van der Waals surface area contributed by atoms with E-state index in [9.17, 15) is 19.4 Å². The molecule has 0 aliphatic rings. The van der Waals surface area contributed by atoms with Gasteiger partial charge in [-0.1, -0.05) is 187 Å². The Labute approximate surface area is 332 Å². The van der Waals surface area contributed by atoms with Gasteiger partial charge in [-0.3, -0.25) is 13.8 Å². The molecule has 3 N–H and O–H groups in total. The molecule has 3 atom stereocenters. The van der Waals surface area contributed by atoms with Crippen molar-refractivity contribution in [1.82, 2.24) is 0 Å². The number of aliphatic hydroxyl groups excluding tert-OH is 2. The van der Waals surface area contributed by atoms with Crippen molar-refractivity contribution in [1.29, 1.82) is 0 Å². The standard InChI is InChI=1S/C44H87O9P/c1-3-5-7-9-11-13-15-17-19-20-21-23-25-27-29-31-33-35-37-50-40-43(41-52-54(48,49)51-39-42(46)38-45)53-44(47)36-34-32-30-28-26-24-22-18-16-14-12-10-8-6-4-2/h17,19,42-43,45-46H,3-16,18,20-41H2,1-2H3,(H,48,49)/b19-17-. The molecule has 322 valence electrons. The van der Waals surface area contributed by atoms with Crippen LogP contribution in [0.1, 0.15) is 219 Å². The minimum Gasteiger partial charge on any atom is -0.457 e. The van der Waals surface area contributed by atoms with Gasteiger partial charge in [-0.05, 0) is 38.5 Å². The molecule has 0 radical (unpaired) electrons. The molecule has 54 heavy (non-hydrogen) atoms. The van der Waals surface area contributed by atoms with Crippen molar-refractivity contribution in [2.45, 2.75) is 232 Å². The van der Waals surface area contributed by atoms with Crippen LogP contribution in [0.4, 0.5) is 0 Å². The normalized spacial score (nSPS) is 14.1. The van der Waals surface area contributed by atoms with Crippen LogP contribution < -0.4 is 0 Å². The van der Waals surface area contributed by atoms with E-state index in [0.717, 1.165) is 38.5 Å². The first kappa shape index (κ1) is 53.2. The summed E-state index contributed by atoms with van der Waals surface area (Å²) in [7, 11) is -4.51. The molecule has 0 saturated carbocycles. The molecule has 0 saturated heterocycles. The molecular formula is C44H87O9P. The van der Waals surface area contributed by atoms with Gasteiger partial charge < -0.3 is 24.6 Å². The number of aliphatic hydroxyl groups is 2. The van der Waals surface area contributed by atoms with Crippen molar-refractivity contribution in [3.63, 3.8) is 0 Å². The summed E-state index contributed by atoms with van der Waals surface area (Å²) in [5.41, 5.74) is 0. The number of ether oxygens (including phenoxy) is 2. The third-order valence-corrected chi connectivity index (χ3v) is 10.9. The van der Waals surface area contributed by atoms with Crippen LogP contribution in [0.25, 0.3) is 0 Å². The minimum absolute atomic E-state index is 0.0528. The highest BCUT2D eigenvalue weighted by molar-refractivity contribution is 7.47. The van der Waals surface area contributed by atoms with Gasteiger partial charge in [0.05, 0.1) is 26.4 Å². The van der Waals surface area contributed by atoms with E-state index in [2.05, 4.69) is 26.0 Å². The van der Waals surface area contributed by atoms with Crippen molar-refractivity contribution in [3.05, 3.63) is 12.2 Å². The lowest BCUT2D eigenvalue weighted by Crippen LogP contribution is -2.29. The van der Waals surface area contributed by atoms with E-state index in [1.807, 2.05) is 0 Å². The second kappa shape index (κ2) is 41.8. The predicted octanol–water partition coefficient (Wildman–Crippen LogP) is 12.5. The molecule has 0 amide bonds. The Morgan fingerprint density at radius 1 is 0.556 bits per heavy atom. The highest BCUT2D eigenvalue weighted by Crippen LogP contribution is 2.43. The van der Waals surface area contributed by atoms with E-state index in [1.54, 1.807) is 0 Å². The molecule has 0 aromatic rings. The van der Waals surface area contributed by atoms with Gasteiger partial charge in [0.15, 0.2) is 0 Å². The van der Waals surface area contributed by atoms with Gasteiger partial charge in [0.2, 0.25) is 0 Å². The van der Waals surface area contributed by atoms with Crippen LogP contribution in [0.3, 0.4) is 0 Å². The summed E-state index contributed by atoms with van der Waals surface area (Å²) in [6.07, 6.45) is 41.6. The monoisotopic (exact) mass is 791 g/mol. The molecular weight excluding hydrogens is 703 g/mol. The summed E-state index contributed by atoms with van der Waals surface area (Å²) in [6.45, 7) is 3.55. The van der Waals surface area contributed by atoms with Crippen molar-refractivity contribution >= 4 is 13.8 Å². The van der Waals surface area contributed by atoms with Gasteiger partial charge in [0, 0.05) is 13.0 Å². The van der Waals surface area contributed by atoms with E-state index in [4.69, 9.17) is 23.6 Å². The van der Waals surface area contributed by atoms with Crippen LogP contribution in [0.2, 0.25) is 0 Å². The average molecular weight is 791 g/mol. The Kier molecular flexibility index (Phi) is 41.2. The first-order chi connectivity index (χ1) is 26.3. The van der Waals surface area contributed by atoms with E-state index >= 15 is 0 Å². The number of unbranched alkanes of at least 4 members (excludes halogenated alkanes) is 28. The van der Waals surface area contributed by atoms with Crippen molar-refractivity contribution in [2.75, 3.05) is 33.0 Å². The minimum atomic E-state index is -4.51. The highest BCUT2D eigenvalue weighted by atomic mass is 31.2. The molecule has 0 aliphatic carbocycles. The fraction of sp³-hybridized carbons (Fsp3) is 0.932. The molecule has 9 nitrogen and oxygen atoms in total. The zero-order valence-corrected chi connectivity index (χ0v) is 36.1. The molecule has 3 unspecified atom stereocenters. The van der Waals surface area contributed by atoms with E-state index < -0.39 is 33.2 Å². The Balaban J connectivity index is 4.11. The molecule has 0 aromatic carbocycles. The first-order valence-electron chi connectivity index (χ1n) is 22.7. The molecule has 10 heteroatoms. The van der Waals surface area contributed by atoms with E-state index in [1.165, 1.54) is 161 Å². The number of allylic oxidation sites excluding steroid dienone is 2. The van der Waals surface area contributed by atoms with Crippen molar-refractivity contribution in [2.24, 2.45) is 0 Å². The lowest BCUT2D eigenvalue weighted by atomic mass is 10.0. The Hall–Kier alpha value is -0.800. The van der Waals surface area contributed by atoms with Crippen LogP contribution in [-0.4, -0.2) is 66.3 Å². The second-order valence-electron chi connectivity index (χ2n) is 15.4. The van der Waals surface area contributed by atoms with Crippen LogP contribution in [0.5, 0.6) is 0 Å². The number of rotatable bonds is 44. The lowest BCUT2D eigenvalue weighted by Gasteiger charge is -2.20. The third-order valence-electron chi connectivity index (χ3n) is 9.95. The smallest absolute Gasteiger partial charge is 0.457 e. The number of phosphoric ester groups is 1. The molecule has 0 rings (SSSR count). The predicted molar refractivity (Wildman–Crippen MR) is 224 cm³/mol. The van der Waals surface area contributed by atoms with Gasteiger partial charge in [-0.25, -0.2) is 4.57 Å². The largest absolute Gasteiger partial charge is 0.472 e. The van der Waals surface area contributed by atoms with Gasteiger partial charge in [-0.15, -0.1) is 0 Å². The van der Waals surface area contributed by atoms with Crippen molar-refractivity contribution in [3.8, 4) is 0 Å². The third kappa shape index (κ3) is 40.9. The molecule has 0 fully saturated rings. The molecule has 0 bridgehead atoms. The summed E-state index contributed by atoms with van der Waals surface area (Å²) >= 11 is 0. The lowest BCUT2D eigenvalue weighted by molar-refractivity contribution is -0.154. The fourth-order valence-corrected chi connectivity index (χ4v) is 7.26. The summed E-state index contributed by atoms with van der Waals surface area (Å²) < 4.78 is 33.4. The van der Waals surface area contributed by atoms with Crippen LogP contribution in [-0.2, 0) is 27.9 Å². The topological polar surface area (TPSA) is 132 Å². The number of carbonyl (C=O) groups is 1. The number of esters is 1. The maximum atomic E-state index is 12.6. The SMILES string of the molecule is CCCCCCCC/C=C\CCCCCCCCCCOCC(COP(=O)(O)OCC(O)CO)OC(=O)CCCCCCCCCCCCCCCCC. The fourth-order valence-electron chi connectivity index (χ4n) is 6.47. The van der Waals surface area contributed by atoms with Gasteiger partial charge in [-0.2, -0.15) is 0 Å². The summed E-state index contributed by atoms with van der Waals surface area (Å²) in [4.78, 5) is 22.6. The second-order valence-corrected chi connectivity index (χ2v) is 16.9.